The van der Waals surface area contributed by atoms with Gasteiger partial charge in [-0.15, -0.1) is 0 Å². The summed E-state index contributed by atoms with van der Waals surface area (Å²) in [5.41, 5.74) is 5.44. The summed E-state index contributed by atoms with van der Waals surface area (Å²) in [6.07, 6.45) is 2.37. The summed E-state index contributed by atoms with van der Waals surface area (Å²) in [4.78, 5) is 15.1. The van der Waals surface area contributed by atoms with Crippen LogP contribution in [0.1, 0.15) is 29.6 Å². The summed E-state index contributed by atoms with van der Waals surface area (Å²) in [6.45, 7) is 1.33. The molecule has 3 aromatic carbocycles. The highest BCUT2D eigenvalue weighted by Crippen LogP contribution is 2.22. The van der Waals surface area contributed by atoms with E-state index < -0.39 is 9.84 Å². The van der Waals surface area contributed by atoms with Crippen LogP contribution in [-0.4, -0.2) is 38.0 Å². The van der Waals surface area contributed by atoms with Crippen LogP contribution in [0.4, 0.5) is 5.69 Å². The Morgan fingerprint density at radius 2 is 1.41 bits per heavy atom. The highest BCUT2D eigenvalue weighted by Gasteiger charge is 2.19. The molecular formula is C25H25N3O3S. The Labute approximate surface area is 188 Å². The summed E-state index contributed by atoms with van der Waals surface area (Å²) >= 11 is 0. The molecule has 0 radical (unpaired) electrons. The molecule has 1 heterocycles. The van der Waals surface area contributed by atoms with Gasteiger partial charge in [-0.2, -0.15) is 5.10 Å². The number of carbonyl (C=O) groups excluding carboxylic acids is 1. The molecule has 0 saturated carbocycles. The van der Waals surface area contributed by atoms with Gasteiger partial charge >= 0.3 is 0 Å². The topological polar surface area (TPSA) is 78.8 Å². The predicted octanol–water partition coefficient (Wildman–Crippen LogP) is 4.61. The van der Waals surface area contributed by atoms with Crippen LogP contribution in [0.5, 0.6) is 0 Å². The van der Waals surface area contributed by atoms with Crippen LogP contribution in [-0.2, 0) is 9.84 Å². The van der Waals surface area contributed by atoms with Gasteiger partial charge in [0, 0.05) is 30.8 Å². The van der Waals surface area contributed by atoms with E-state index in [9.17, 15) is 13.2 Å². The number of carbonyl (C=O) groups is 1. The Hall–Kier alpha value is -3.45. The fourth-order valence-corrected chi connectivity index (χ4v) is 4.92. The van der Waals surface area contributed by atoms with Crippen LogP contribution in [0.2, 0.25) is 0 Å². The van der Waals surface area contributed by atoms with Crippen molar-refractivity contribution in [1.82, 2.24) is 4.90 Å². The van der Waals surface area contributed by atoms with Crippen LogP contribution in [0.15, 0.2) is 99.8 Å². The number of rotatable bonds is 5. The maximum atomic E-state index is 12.7. The van der Waals surface area contributed by atoms with Crippen LogP contribution in [0, 0.1) is 0 Å². The summed E-state index contributed by atoms with van der Waals surface area (Å²) < 4.78 is 25.4. The molecule has 6 nitrogen and oxygen atoms in total. The minimum absolute atomic E-state index is 0.0509. The van der Waals surface area contributed by atoms with Gasteiger partial charge in [-0.25, -0.2) is 8.42 Å². The van der Waals surface area contributed by atoms with E-state index in [1.807, 2.05) is 35.2 Å². The third-order valence-corrected chi connectivity index (χ3v) is 7.22. The molecule has 0 atom stereocenters. The number of anilines is 1. The third kappa shape index (κ3) is 5.06. The molecule has 0 spiro atoms. The van der Waals surface area contributed by atoms with Gasteiger partial charge in [-0.1, -0.05) is 36.4 Å². The number of hydrazone groups is 1. The number of benzene rings is 3. The third-order valence-electron chi connectivity index (χ3n) is 5.43. The molecule has 0 bridgehead atoms. The van der Waals surface area contributed by atoms with E-state index in [-0.39, 0.29) is 15.7 Å². The molecule has 1 aliphatic heterocycles. The molecule has 1 saturated heterocycles. The van der Waals surface area contributed by atoms with Crippen molar-refractivity contribution in [3.05, 3.63) is 90.5 Å². The first-order chi connectivity index (χ1) is 15.5. The second kappa shape index (κ2) is 9.78. The van der Waals surface area contributed by atoms with Crippen molar-refractivity contribution in [2.75, 3.05) is 18.5 Å². The van der Waals surface area contributed by atoms with Gasteiger partial charge in [0.15, 0.2) is 0 Å². The molecule has 1 amide bonds. The van der Waals surface area contributed by atoms with Gasteiger partial charge in [0.2, 0.25) is 9.84 Å². The molecule has 3 aromatic rings. The number of nitrogens with zero attached hydrogens (tertiary/aromatic N) is 2. The molecule has 1 aliphatic rings. The van der Waals surface area contributed by atoms with Gasteiger partial charge in [0.1, 0.15) is 0 Å². The first-order valence-electron chi connectivity index (χ1n) is 10.6. The fourth-order valence-electron chi connectivity index (χ4n) is 3.64. The first kappa shape index (κ1) is 21.8. The molecule has 164 valence electrons. The standard InChI is InChI=1S/C25H25N3O3S/c29-25(20-8-3-1-4-9-20)28-18-7-10-21(17-19-28)26-27-22-13-15-24(16-14-22)32(30,31)23-11-5-2-6-12-23/h1-6,8-9,11-16,27H,7,10,17-19H2/b26-21+. The predicted molar refractivity (Wildman–Crippen MR) is 126 cm³/mol. The number of sulfone groups is 1. The van der Waals surface area contributed by atoms with Crippen LogP contribution >= 0.6 is 0 Å². The van der Waals surface area contributed by atoms with Crippen molar-refractivity contribution in [2.45, 2.75) is 29.1 Å². The normalized spacial score (nSPS) is 15.9. The maximum Gasteiger partial charge on any atom is 0.253 e. The Kier molecular flexibility index (Phi) is 6.66. The molecule has 1 N–H and O–H groups in total. The molecule has 32 heavy (non-hydrogen) atoms. The lowest BCUT2D eigenvalue weighted by Gasteiger charge is -2.19. The lowest BCUT2D eigenvalue weighted by Crippen LogP contribution is -2.32. The van der Waals surface area contributed by atoms with Crippen LogP contribution < -0.4 is 5.43 Å². The highest BCUT2D eigenvalue weighted by molar-refractivity contribution is 7.91. The first-order valence-corrected chi connectivity index (χ1v) is 12.1. The maximum absolute atomic E-state index is 12.7. The highest BCUT2D eigenvalue weighted by atomic mass is 32.2. The number of likely N-dealkylation sites (tertiary alicyclic amines) is 1. The zero-order valence-corrected chi connectivity index (χ0v) is 18.5. The van der Waals surface area contributed by atoms with E-state index >= 15 is 0 Å². The Morgan fingerprint density at radius 1 is 0.781 bits per heavy atom. The number of nitrogens with one attached hydrogen (secondary N) is 1. The molecule has 7 heteroatoms. The quantitative estimate of drug-likeness (QED) is 0.579. The lowest BCUT2D eigenvalue weighted by atomic mass is 10.2. The molecule has 1 fully saturated rings. The molecule has 0 aromatic heterocycles. The van der Waals surface area contributed by atoms with Crippen molar-refractivity contribution in [3.8, 4) is 0 Å². The van der Waals surface area contributed by atoms with E-state index in [2.05, 4.69) is 10.5 Å². The molecular weight excluding hydrogens is 422 g/mol. The second-order valence-corrected chi connectivity index (χ2v) is 9.59. The molecule has 0 aliphatic carbocycles. The second-order valence-electron chi connectivity index (χ2n) is 7.64. The number of hydrogen-bond donors (Lipinski definition) is 1. The largest absolute Gasteiger partial charge is 0.338 e. The van der Waals surface area contributed by atoms with E-state index in [1.165, 1.54) is 0 Å². The van der Waals surface area contributed by atoms with Crippen molar-refractivity contribution in [2.24, 2.45) is 5.10 Å². The van der Waals surface area contributed by atoms with Crippen molar-refractivity contribution in [3.63, 3.8) is 0 Å². The monoisotopic (exact) mass is 447 g/mol. The van der Waals surface area contributed by atoms with Crippen LogP contribution in [0.3, 0.4) is 0 Å². The van der Waals surface area contributed by atoms with Gasteiger partial charge < -0.3 is 4.90 Å². The lowest BCUT2D eigenvalue weighted by molar-refractivity contribution is 0.0763. The van der Waals surface area contributed by atoms with Gasteiger partial charge in [-0.3, -0.25) is 10.2 Å². The van der Waals surface area contributed by atoms with E-state index in [0.29, 0.717) is 30.8 Å². The SMILES string of the molecule is O=C(c1ccccc1)N1CCC/C(=N\Nc2ccc(S(=O)(=O)c3ccccc3)cc2)CC1. The zero-order valence-electron chi connectivity index (χ0n) is 17.6. The van der Waals surface area contributed by atoms with Crippen molar-refractivity contribution < 1.29 is 13.2 Å². The van der Waals surface area contributed by atoms with Gasteiger partial charge in [-0.05, 0) is 61.4 Å². The molecule has 4 rings (SSSR count). The summed E-state index contributed by atoms with van der Waals surface area (Å²) in [5.74, 6) is 0.0509. The van der Waals surface area contributed by atoms with Gasteiger partial charge in [0.25, 0.3) is 5.91 Å². The van der Waals surface area contributed by atoms with Crippen LogP contribution in [0.25, 0.3) is 0 Å². The summed E-state index contributed by atoms with van der Waals surface area (Å²) in [7, 11) is -3.53. The Balaban J connectivity index is 1.38. The zero-order chi connectivity index (χ0) is 22.4. The van der Waals surface area contributed by atoms with Crippen molar-refractivity contribution >= 4 is 27.1 Å². The van der Waals surface area contributed by atoms with E-state index in [1.54, 1.807) is 54.6 Å². The average molecular weight is 448 g/mol. The van der Waals surface area contributed by atoms with Gasteiger partial charge in [0.05, 0.1) is 15.5 Å². The molecule has 0 unspecified atom stereocenters. The minimum Gasteiger partial charge on any atom is -0.338 e. The minimum atomic E-state index is -3.53. The fraction of sp³-hybridized carbons (Fsp3) is 0.200. The summed E-state index contributed by atoms with van der Waals surface area (Å²) in [5, 5.41) is 4.51. The number of amides is 1. The average Bonchev–Trinajstić information content (AvgIpc) is 3.09. The number of hydrogen-bond acceptors (Lipinski definition) is 5. The van der Waals surface area contributed by atoms with E-state index in [0.717, 1.165) is 18.6 Å². The Morgan fingerprint density at radius 3 is 2.09 bits per heavy atom. The summed E-state index contributed by atoms with van der Waals surface area (Å²) in [6, 6.07) is 24.3. The Bertz CT molecular complexity index is 1190. The van der Waals surface area contributed by atoms with E-state index in [4.69, 9.17) is 0 Å². The smallest absolute Gasteiger partial charge is 0.253 e. The van der Waals surface area contributed by atoms with Crippen molar-refractivity contribution in [1.29, 1.82) is 0 Å².